The molecule has 0 saturated carbocycles. The Morgan fingerprint density at radius 2 is 1.94 bits per heavy atom. The zero-order valence-electron chi connectivity index (χ0n) is 11.1. The molecular formula is C14H21NO3. The van der Waals surface area contributed by atoms with Crippen molar-refractivity contribution in [1.82, 2.24) is 0 Å². The number of aromatic hydroxyl groups is 1. The van der Waals surface area contributed by atoms with E-state index in [4.69, 9.17) is 15.6 Å². The van der Waals surface area contributed by atoms with Crippen molar-refractivity contribution >= 4 is 5.97 Å². The summed E-state index contributed by atoms with van der Waals surface area (Å²) in [6.45, 7) is 5.68. The topological polar surface area (TPSA) is 72.5 Å². The number of esters is 1. The number of carbonyl (C=O) groups excluding carboxylic acids is 1. The van der Waals surface area contributed by atoms with Crippen LogP contribution in [0.4, 0.5) is 0 Å². The fourth-order valence-electron chi connectivity index (χ4n) is 1.39. The summed E-state index contributed by atoms with van der Waals surface area (Å²) in [5.41, 5.74) is 6.22. The van der Waals surface area contributed by atoms with Gasteiger partial charge in [0.2, 0.25) is 0 Å². The first-order valence-corrected chi connectivity index (χ1v) is 6.10. The molecule has 4 heteroatoms. The second-order valence-electron chi connectivity index (χ2n) is 5.01. The minimum Gasteiger partial charge on any atom is -0.508 e. The van der Waals surface area contributed by atoms with Crippen LogP contribution >= 0.6 is 0 Å². The quantitative estimate of drug-likeness (QED) is 0.785. The molecule has 1 aromatic carbocycles. The van der Waals surface area contributed by atoms with Gasteiger partial charge in [-0.25, -0.2) is 0 Å². The number of rotatable bonds is 5. The lowest BCUT2D eigenvalue weighted by Crippen LogP contribution is -2.39. The van der Waals surface area contributed by atoms with Crippen LogP contribution in [-0.2, 0) is 16.0 Å². The molecule has 0 spiro atoms. The average Bonchev–Trinajstić information content (AvgIpc) is 2.31. The van der Waals surface area contributed by atoms with Crippen molar-refractivity contribution in [2.75, 3.05) is 0 Å². The number of nitrogens with two attached hydrogens (primary N) is 1. The Bertz CT molecular complexity index is 398. The molecule has 18 heavy (non-hydrogen) atoms. The van der Waals surface area contributed by atoms with Crippen LogP contribution in [0, 0.1) is 0 Å². The maximum absolute atomic E-state index is 11.8. The van der Waals surface area contributed by atoms with E-state index >= 15 is 0 Å². The van der Waals surface area contributed by atoms with Crippen LogP contribution in [0.5, 0.6) is 5.75 Å². The van der Waals surface area contributed by atoms with Gasteiger partial charge >= 0.3 is 5.97 Å². The molecule has 0 saturated heterocycles. The third-order valence-electron chi connectivity index (χ3n) is 2.92. The molecular weight excluding hydrogens is 230 g/mol. The molecule has 0 radical (unpaired) electrons. The summed E-state index contributed by atoms with van der Waals surface area (Å²) in [4.78, 5) is 11.8. The predicted molar refractivity (Wildman–Crippen MR) is 70.2 cm³/mol. The number of hydrogen-bond acceptors (Lipinski definition) is 4. The summed E-state index contributed by atoms with van der Waals surface area (Å²) in [7, 11) is 0. The lowest BCUT2D eigenvalue weighted by molar-refractivity contribution is -0.158. The molecule has 0 bridgehead atoms. The van der Waals surface area contributed by atoms with Gasteiger partial charge in [0.15, 0.2) is 0 Å². The van der Waals surface area contributed by atoms with E-state index in [0.29, 0.717) is 6.42 Å². The first-order valence-electron chi connectivity index (χ1n) is 6.10. The lowest BCUT2D eigenvalue weighted by Gasteiger charge is -2.25. The normalized spacial score (nSPS) is 13.1. The molecule has 4 nitrogen and oxygen atoms in total. The van der Waals surface area contributed by atoms with Gasteiger partial charge in [-0.2, -0.15) is 0 Å². The highest BCUT2D eigenvalue weighted by Gasteiger charge is 2.24. The zero-order chi connectivity index (χ0) is 13.8. The lowest BCUT2D eigenvalue weighted by atomic mass is 10.0. The van der Waals surface area contributed by atoms with Crippen molar-refractivity contribution < 1.29 is 14.6 Å². The zero-order valence-corrected chi connectivity index (χ0v) is 11.1. The van der Waals surface area contributed by atoms with E-state index in [1.165, 1.54) is 0 Å². The summed E-state index contributed by atoms with van der Waals surface area (Å²) < 4.78 is 5.33. The summed E-state index contributed by atoms with van der Waals surface area (Å²) >= 11 is 0. The van der Waals surface area contributed by atoms with Gasteiger partial charge in [0.25, 0.3) is 0 Å². The number of hydrogen-bond donors (Lipinski definition) is 2. The summed E-state index contributed by atoms with van der Waals surface area (Å²) in [6.07, 6.45) is 1.14. The van der Waals surface area contributed by atoms with Gasteiger partial charge < -0.3 is 15.6 Å². The van der Waals surface area contributed by atoms with E-state index in [1.54, 1.807) is 24.3 Å². The molecule has 0 aliphatic rings. The van der Waals surface area contributed by atoms with Gasteiger partial charge in [-0.3, -0.25) is 4.79 Å². The highest BCUT2D eigenvalue weighted by atomic mass is 16.6. The standard InChI is InChI=1S/C14H21NO3/c1-4-14(2,3)18-13(17)12(15)9-10-5-7-11(16)8-6-10/h5-8,12,16H,4,9,15H2,1-3H3. The van der Waals surface area contributed by atoms with Gasteiger partial charge in [-0.1, -0.05) is 19.1 Å². The highest BCUT2D eigenvalue weighted by molar-refractivity contribution is 5.76. The van der Waals surface area contributed by atoms with E-state index < -0.39 is 17.6 Å². The Balaban J connectivity index is 2.57. The highest BCUT2D eigenvalue weighted by Crippen LogP contribution is 2.16. The average molecular weight is 251 g/mol. The fraction of sp³-hybridized carbons (Fsp3) is 0.500. The minimum atomic E-state index is -0.680. The molecule has 100 valence electrons. The van der Waals surface area contributed by atoms with Crippen LogP contribution in [0.1, 0.15) is 32.8 Å². The second-order valence-corrected chi connectivity index (χ2v) is 5.01. The second kappa shape index (κ2) is 5.87. The van der Waals surface area contributed by atoms with E-state index in [0.717, 1.165) is 12.0 Å². The molecule has 0 amide bonds. The number of phenols is 1. The van der Waals surface area contributed by atoms with Crippen LogP contribution in [0.15, 0.2) is 24.3 Å². The largest absolute Gasteiger partial charge is 0.508 e. The van der Waals surface area contributed by atoms with Crippen molar-refractivity contribution in [3.63, 3.8) is 0 Å². The molecule has 1 rings (SSSR count). The molecule has 1 atom stereocenters. The molecule has 1 aromatic rings. The molecule has 0 fully saturated rings. The molecule has 1 unspecified atom stereocenters. The van der Waals surface area contributed by atoms with Gasteiger partial charge in [0, 0.05) is 0 Å². The molecule has 0 aromatic heterocycles. The Labute approximate surface area is 108 Å². The van der Waals surface area contributed by atoms with E-state index in [2.05, 4.69) is 0 Å². The Morgan fingerprint density at radius 3 is 2.44 bits per heavy atom. The van der Waals surface area contributed by atoms with Gasteiger partial charge in [0.05, 0.1) is 0 Å². The summed E-state index contributed by atoms with van der Waals surface area (Å²) in [5, 5.41) is 9.16. The number of benzene rings is 1. The predicted octanol–water partition coefficient (Wildman–Crippen LogP) is 1.99. The van der Waals surface area contributed by atoms with Crippen LogP contribution in [0.25, 0.3) is 0 Å². The van der Waals surface area contributed by atoms with Gasteiger partial charge in [-0.15, -0.1) is 0 Å². The third kappa shape index (κ3) is 4.37. The molecule has 3 N–H and O–H groups in total. The number of carbonyl (C=O) groups is 1. The van der Waals surface area contributed by atoms with Crippen molar-refractivity contribution in [2.24, 2.45) is 5.73 Å². The summed E-state index contributed by atoms with van der Waals surface area (Å²) in [5.74, 6) is -0.197. The van der Waals surface area contributed by atoms with Crippen molar-refractivity contribution in [2.45, 2.75) is 45.3 Å². The smallest absolute Gasteiger partial charge is 0.323 e. The van der Waals surface area contributed by atoms with E-state index in [-0.39, 0.29) is 5.75 Å². The van der Waals surface area contributed by atoms with E-state index in [1.807, 2.05) is 20.8 Å². The SMILES string of the molecule is CCC(C)(C)OC(=O)C(N)Cc1ccc(O)cc1. The number of ether oxygens (including phenoxy) is 1. The van der Waals surface area contributed by atoms with Crippen LogP contribution in [0.2, 0.25) is 0 Å². The summed E-state index contributed by atoms with van der Waals surface area (Å²) in [6, 6.07) is 5.95. The van der Waals surface area contributed by atoms with Crippen molar-refractivity contribution in [3.05, 3.63) is 29.8 Å². The Hall–Kier alpha value is -1.55. The molecule has 0 heterocycles. The van der Waals surface area contributed by atoms with Crippen molar-refractivity contribution in [3.8, 4) is 5.75 Å². The maximum atomic E-state index is 11.8. The monoisotopic (exact) mass is 251 g/mol. The van der Waals surface area contributed by atoms with Gasteiger partial charge in [-0.05, 0) is 44.4 Å². The molecule has 0 aliphatic heterocycles. The first-order chi connectivity index (χ1) is 8.34. The van der Waals surface area contributed by atoms with Crippen molar-refractivity contribution in [1.29, 1.82) is 0 Å². The Morgan fingerprint density at radius 1 is 1.39 bits per heavy atom. The maximum Gasteiger partial charge on any atom is 0.323 e. The minimum absolute atomic E-state index is 0.196. The van der Waals surface area contributed by atoms with Gasteiger partial charge in [0.1, 0.15) is 17.4 Å². The van der Waals surface area contributed by atoms with Crippen LogP contribution in [-0.4, -0.2) is 22.7 Å². The number of phenolic OH excluding ortho intramolecular Hbond substituents is 1. The first kappa shape index (κ1) is 14.5. The van der Waals surface area contributed by atoms with Crippen LogP contribution < -0.4 is 5.73 Å². The Kier molecular flexibility index (Phi) is 4.73. The fourth-order valence-corrected chi connectivity index (χ4v) is 1.39. The third-order valence-corrected chi connectivity index (χ3v) is 2.92. The van der Waals surface area contributed by atoms with Crippen LogP contribution in [0.3, 0.4) is 0 Å². The molecule has 0 aliphatic carbocycles. The van der Waals surface area contributed by atoms with E-state index in [9.17, 15) is 4.79 Å².